The van der Waals surface area contributed by atoms with E-state index in [1.807, 2.05) is 43.3 Å². The summed E-state index contributed by atoms with van der Waals surface area (Å²) >= 11 is 0. The average Bonchev–Trinajstić information content (AvgIpc) is 3.10. The second-order valence-electron chi connectivity index (χ2n) is 6.53. The molecule has 4 nitrogen and oxygen atoms in total. The number of hydrogen-bond acceptors (Lipinski definition) is 3. The van der Waals surface area contributed by atoms with Gasteiger partial charge >= 0.3 is 0 Å². The highest BCUT2D eigenvalue weighted by molar-refractivity contribution is 5.92. The third-order valence-corrected chi connectivity index (χ3v) is 4.44. The lowest BCUT2D eigenvalue weighted by molar-refractivity contribution is -0.115. The first-order chi connectivity index (χ1) is 11.6. The Hall–Kier alpha value is -2.49. The van der Waals surface area contributed by atoms with Crippen LogP contribution >= 0.6 is 0 Å². The summed E-state index contributed by atoms with van der Waals surface area (Å²) in [7, 11) is 4.00. The lowest BCUT2D eigenvalue weighted by Crippen LogP contribution is -2.18. The van der Waals surface area contributed by atoms with Gasteiger partial charge in [-0.05, 0) is 54.8 Å². The second kappa shape index (κ2) is 7.39. The first-order valence-electron chi connectivity index (χ1n) is 8.53. The number of benzene rings is 2. The van der Waals surface area contributed by atoms with Crippen molar-refractivity contribution in [2.24, 2.45) is 0 Å². The fourth-order valence-electron chi connectivity index (χ4n) is 3.03. The van der Waals surface area contributed by atoms with Gasteiger partial charge in [0.2, 0.25) is 5.91 Å². The van der Waals surface area contributed by atoms with Crippen LogP contribution in [0.1, 0.15) is 18.4 Å². The molecule has 1 N–H and O–H groups in total. The van der Waals surface area contributed by atoms with Crippen molar-refractivity contribution < 1.29 is 4.79 Å². The van der Waals surface area contributed by atoms with Gasteiger partial charge in [0.25, 0.3) is 0 Å². The van der Waals surface area contributed by atoms with Gasteiger partial charge in [0.05, 0.1) is 6.42 Å². The van der Waals surface area contributed by atoms with Gasteiger partial charge in [-0.25, -0.2) is 0 Å². The number of anilines is 3. The maximum Gasteiger partial charge on any atom is 0.228 e. The Morgan fingerprint density at radius 1 is 1.00 bits per heavy atom. The highest BCUT2D eigenvalue weighted by Crippen LogP contribution is 2.21. The van der Waals surface area contributed by atoms with Crippen LogP contribution in [0.3, 0.4) is 0 Å². The van der Waals surface area contributed by atoms with E-state index in [1.165, 1.54) is 18.5 Å². The maximum atomic E-state index is 12.2. The van der Waals surface area contributed by atoms with E-state index in [9.17, 15) is 4.79 Å². The van der Waals surface area contributed by atoms with Gasteiger partial charge in [-0.3, -0.25) is 4.79 Å². The Morgan fingerprint density at radius 2 is 1.62 bits per heavy atom. The van der Waals surface area contributed by atoms with Gasteiger partial charge in [-0.2, -0.15) is 0 Å². The normalized spacial score (nSPS) is 13.8. The zero-order chi connectivity index (χ0) is 16.9. The number of amides is 1. The van der Waals surface area contributed by atoms with Crippen molar-refractivity contribution in [3.8, 4) is 0 Å². The fraction of sp³-hybridized carbons (Fsp3) is 0.350. The van der Waals surface area contributed by atoms with Crippen LogP contribution in [0, 0.1) is 0 Å². The summed E-state index contributed by atoms with van der Waals surface area (Å²) in [6.45, 7) is 2.28. The topological polar surface area (TPSA) is 35.6 Å². The third kappa shape index (κ3) is 4.07. The van der Waals surface area contributed by atoms with Gasteiger partial charge in [0.15, 0.2) is 0 Å². The molecule has 3 rings (SSSR count). The van der Waals surface area contributed by atoms with Gasteiger partial charge in [0.1, 0.15) is 0 Å². The average molecular weight is 323 g/mol. The van der Waals surface area contributed by atoms with E-state index in [0.717, 1.165) is 30.0 Å². The molecule has 0 spiro atoms. The van der Waals surface area contributed by atoms with Crippen molar-refractivity contribution in [3.05, 3.63) is 54.1 Å². The number of nitrogens with one attached hydrogen (secondary N) is 1. The largest absolute Gasteiger partial charge is 0.378 e. The molecule has 2 aromatic carbocycles. The van der Waals surface area contributed by atoms with Crippen LogP contribution in [-0.4, -0.2) is 33.1 Å². The van der Waals surface area contributed by atoms with Gasteiger partial charge < -0.3 is 15.1 Å². The van der Waals surface area contributed by atoms with Gasteiger partial charge in [-0.15, -0.1) is 0 Å². The predicted molar refractivity (Wildman–Crippen MR) is 101 cm³/mol. The minimum atomic E-state index is 0.0153. The Labute approximate surface area is 144 Å². The zero-order valence-corrected chi connectivity index (χ0v) is 14.5. The lowest BCUT2D eigenvalue weighted by Gasteiger charge is -2.17. The number of carbonyl (C=O) groups excluding carboxylic acids is 1. The predicted octanol–water partition coefficient (Wildman–Crippen LogP) is 3.53. The summed E-state index contributed by atoms with van der Waals surface area (Å²) in [6.07, 6.45) is 2.95. The smallest absolute Gasteiger partial charge is 0.228 e. The molecule has 1 amide bonds. The van der Waals surface area contributed by atoms with E-state index in [1.54, 1.807) is 0 Å². The molecular formula is C20H25N3O. The molecule has 0 bridgehead atoms. The standard InChI is InChI=1S/C20H25N3O/c1-22(2)18-11-7-17(8-12-18)21-20(24)15-16-5-9-19(10-6-16)23-13-3-4-14-23/h5-12H,3-4,13-15H2,1-2H3,(H,21,24). The molecule has 4 heteroatoms. The molecule has 1 fully saturated rings. The van der Waals surface area contributed by atoms with E-state index in [4.69, 9.17) is 0 Å². The lowest BCUT2D eigenvalue weighted by atomic mass is 10.1. The molecule has 1 saturated heterocycles. The van der Waals surface area contributed by atoms with Crippen LogP contribution < -0.4 is 15.1 Å². The van der Waals surface area contributed by atoms with E-state index in [-0.39, 0.29) is 5.91 Å². The van der Waals surface area contributed by atoms with Gasteiger partial charge in [0, 0.05) is 44.2 Å². The Bertz CT molecular complexity index is 671. The second-order valence-corrected chi connectivity index (χ2v) is 6.53. The molecular weight excluding hydrogens is 298 g/mol. The molecule has 24 heavy (non-hydrogen) atoms. The van der Waals surface area contributed by atoms with Crippen LogP contribution in [0.2, 0.25) is 0 Å². The maximum absolute atomic E-state index is 12.2. The monoisotopic (exact) mass is 323 g/mol. The number of rotatable bonds is 5. The molecule has 0 unspecified atom stereocenters. The molecule has 1 aliphatic rings. The fourth-order valence-corrected chi connectivity index (χ4v) is 3.03. The molecule has 0 atom stereocenters. The van der Waals surface area contributed by atoms with Crippen molar-refractivity contribution in [3.63, 3.8) is 0 Å². The molecule has 0 radical (unpaired) electrons. The molecule has 0 saturated carbocycles. The van der Waals surface area contributed by atoms with Crippen LogP contribution in [0.4, 0.5) is 17.1 Å². The molecule has 126 valence electrons. The molecule has 1 heterocycles. The summed E-state index contributed by atoms with van der Waals surface area (Å²) in [6, 6.07) is 16.2. The molecule has 0 aromatic heterocycles. The van der Waals surface area contributed by atoms with E-state index in [2.05, 4.69) is 34.5 Å². The van der Waals surface area contributed by atoms with Crippen molar-refractivity contribution in [2.75, 3.05) is 42.3 Å². The summed E-state index contributed by atoms with van der Waals surface area (Å²) < 4.78 is 0. The van der Waals surface area contributed by atoms with Crippen molar-refractivity contribution in [1.29, 1.82) is 0 Å². The molecule has 0 aliphatic carbocycles. The first-order valence-corrected chi connectivity index (χ1v) is 8.53. The Kier molecular flexibility index (Phi) is 5.04. The Balaban J connectivity index is 1.56. The number of hydrogen-bond donors (Lipinski definition) is 1. The highest BCUT2D eigenvalue weighted by atomic mass is 16.1. The summed E-state index contributed by atoms with van der Waals surface area (Å²) in [5.41, 5.74) is 4.25. The first kappa shape index (κ1) is 16.4. The van der Waals surface area contributed by atoms with Crippen LogP contribution in [-0.2, 0) is 11.2 Å². The third-order valence-electron chi connectivity index (χ3n) is 4.44. The summed E-state index contributed by atoms with van der Waals surface area (Å²) in [5, 5.41) is 2.96. The van der Waals surface area contributed by atoms with Crippen LogP contribution in [0.5, 0.6) is 0 Å². The highest BCUT2D eigenvalue weighted by Gasteiger charge is 2.12. The quantitative estimate of drug-likeness (QED) is 0.914. The van der Waals surface area contributed by atoms with Crippen LogP contribution in [0.15, 0.2) is 48.5 Å². The summed E-state index contributed by atoms with van der Waals surface area (Å²) in [5.74, 6) is 0.0153. The molecule has 1 aliphatic heterocycles. The number of nitrogens with zero attached hydrogens (tertiary/aromatic N) is 2. The molecule has 2 aromatic rings. The van der Waals surface area contributed by atoms with Crippen molar-refractivity contribution in [2.45, 2.75) is 19.3 Å². The number of carbonyl (C=O) groups is 1. The van der Waals surface area contributed by atoms with E-state index >= 15 is 0 Å². The minimum Gasteiger partial charge on any atom is -0.378 e. The van der Waals surface area contributed by atoms with E-state index in [0.29, 0.717) is 6.42 Å². The van der Waals surface area contributed by atoms with Gasteiger partial charge in [-0.1, -0.05) is 12.1 Å². The van der Waals surface area contributed by atoms with E-state index < -0.39 is 0 Å². The van der Waals surface area contributed by atoms with Crippen molar-refractivity contribution >= 4 is 23.0 Å². The SMILES string of the molecule is CN(C)c1ccc(NC(=O)Cc2ccc(N3CCCC3)cc2)cc1. The zero-order valence-electron chi connectivity index (χ0n) is 14.5. The minimum absolute atomic E-state index is 0.0153. The van der Waals surface area contributed by atoms with Crippen LogP contribution in [0.25, 0.3) is 0 Å². The van der Waals surface area contributed by atoms with Crippen molar-refractivity contribution in [1.82, 2.24) is 0 Å². The Morgan fingerprint density at radius 3 is 2.21 bits per heavy atom. The summed E-state index contributed by atoms with van der Waals surface area (Å²) in [4.78, 5) is 16.6.